The van der Waals surface area contributed by atoms with Crippen LogP contribution in [0.5, 0.6) is 0 Å². The number of carbonyl (C=O) groups is 2. The molecule has 3 aromatic rings. The molecule has 1 fully saturated rings. The van der Waals surface area contributed by atoms with Crippen molar-refractivity contribution in [3.05, 3.63) is 58.2 Å². The smallest absolute Gasteiger partial charge is 0.412 e. The average Bonchev–Trinajstić information content (AvgIpc) is 3.29. The molecule has 1 aromatic carbocycles. The summed E-state index contributed by atoms with van der Waals surface area (Å²) in [5.41, 5.74) is 0.888. The molecular weight excluding hydrogens is 450 g/mol. The van der Waals surface area contributed by atoms with E-state index in [1.54, 1.807) is 50.9 Å². The van der Waals surface area contributed by atoms with Gasteiger partial charge in [-0.15, -0.1) is 0 Å². The highest BCUT2D eigenvalue weighted by atomic mass is 16.6. The summed E-state index contributed by atoms with van der Waals surface area (Å²) in [5.74, 6) is -0.175. The zero-order chi connectivity index (χ0) is 25.2. The number of pyridine rings is 1. The van der Waals surface area contributed by atoms with E-state index in [1.165, 1.54) is 0 Å². The highest BCUT2D eigenvalue weighted by Gasteiger charge is 2.33. The maximum absolute atomic E-state index is 12.9. The van der Waals surface area contributed by atoms with Crippen LogP contribution in [0.15, 0.2) is 45.7 Å². The van der Waals surface area contributed by atoms with Crippen molar-refractivity contribution in [2.75, 3.05) is 16.8 Å². The second-order valence-electron chi connectivity index (χ2n) is 9.43. The molecule has 0 spiro atoms. The van der Waals surface area contributed by atoms with E-state index in [2.05, 4.69) is 20.6 Å². The normalized spacial score (nSPS) is 15.8. The number of nitrogens with one attached hydrogen (secondary N) is 2. The van der Waals surface area contributed by atoms with Gasteiger partial charge in [0.25, 0.3) is 0 Å². The largest absolute Gasteiger partial charge is 0.444 e. The Bertz CT molecular complexity index is 1300. The van der Waals surface area contributed by atoms with Crippen LogP contribution in [0.2, 0.25) is 0 Å². The summed E-state index contributed by atoms with van der Waals surface area (Å²) in [5, 5.41) is 5.83. The van der Waals surface area contributed by atoms with Crippen LogP contribution in [0.4, 0.5) is 16.5 Å². The first-order chi connectivity index (χ1) is 16.6. The van der Waals surface area contributed by atoms with Crippen molar-refractivity contribution >= 4 is 34.6 Å². The molecule has 3 heterocycles. The van der Waals surface area contributed by atoms with E-state index in [0.717, 1.165) is 12.1 Å². The average molecular weight is 480 g/mol. The standard InChI is InChI=1S/C25H29N5O5/c1-15-17(29-24(33)35-25(2,3)4)10-11-18-20(15)22(32)34-23(28-18)30-13-7-9-19(30)21(31)27-14-16-8-5-6-12-26-16/h5-6,8,10-12,19H,7,9,13-14H2,1-4H3,(H,27,31)(H,29,33)/t19-/m0/s1. The van der Waals surface area contributed by atoms with Crippen molar-refractivity contribution in [1.29, 1.82) is 0 Å². The summed E-state index contributed by atoms with van der Waals surface area (Å²) in [6.07, 6.45) is 2.44. The number of fused-ring (bicyclic) bond motifs is 1. The molecule has 0 saturated carbocycles. The maximum Gasteiger partial charge on any atom is 0.412 e. The number of aromatic nitrogens is 2. The fourth-order valence-electron chi connectivity index (χ4n) is 4.05. The molecule has 35 heavy (non-hydrogen) atoms. The van der Waals surface area contributed by atoms with Gasteiger partial charge in [0.1, 0.15) is 11.6 Å². The first kappa shape index (κ1) is 24.2. The number of anilines is 2. The number of hydrogen-bond acceptors (Lipinski definition) is 8. The van der Waals surface area contributed by atoms with Gasteiger partial charge in [-0.25, -0.2) is 9.59 Å². The molecule has 1 atom stereocenters. The molecule has 184 valence electrons. The number of nitrogens with zero attached hydrogens (tertiary/aromatic N) is 3. The predicted molar refractivity (Wildman–Crippen MR) is 131 cm³/mol. The molecular formula is C25H29N5O5. The molecule has 0 radical (unpaired) electrons. The zero-order valence-corrected chi connectivity index (χ0v) is 20.3. The lowest BCUT2D eigenvalue weighted by Gasteiger charge is -2.23. The van der Waals surface area contributed by atoms with Gasteiger partial charge in [0.2, 0.25) is 5.91 Å². The van der Waals surface area contributed by atoms with Crippen LogP contribution in [0.25, 0.3) is 10.9 Å². The molecule has 2 N–H and O–H groups in total. The van der Waals surface area contributed by atoms with Gasteiger partial charge in [0.05, 0.1) is 23.1 Å². The summed E-state index contributed by atoms with van der Waals surface area (Å²) in [6.45, 7) is 7.86. The number of benzene rings is 1. The van der Waals surface area contributed by atoms with Gasteiger partial charge in [-0.2, -0.15) is 4.98 Å². The fraction of sp³-hybridized carbons (Fsp3) is 0.400. The number of aryl methyl sites for hydroxylation is 1. The van der Waals surface area contributed by atoms with E-state index >= 15 is 0 Å². The number of rotatable bonds is 5. The SMILES string of the molecule is Cc1c(NC(=O)OC(C)(C)C)ccc2nc(N3CCC[C@H]3C(=O)NCc3ccccn3)oc(=O)c12. The van der Waals surface area contributed by atoms with Crippen LogP contribution in [0.3, 0.4) is 0 Å². The Morgan fingerprint density at radius 3 is 2.74 bits per heavy atom. The van der Waals surface area contributed by atoms with Gasteiger partial charge >= 0.3 is 17.7 Å². The third-order valence-corrected chi connectivity index (χ3v) is 5.65. The van der Waals surface area contributed by atoms with E-state index in [1.807, 2.05) is 18.2 Å². The summed E-state index contributed by atoms with van der Waals surface area (Å²) < 4.78 is 10.9. The molecule has 0 aliphatic carbocycles. The monoisotopic (exact) mass is 479 g/mol. The van der Waals surface area contributed by atoms with Gasteiger partial charge in [-0.05, 0) is 70.4 Å². The molecule has 1 aliphatic rings. The van der Waals surface area contributed by atoms with Gasteiger partial charge in [0.15, 0.2) is 0 Å². The Hall–Kier alpha value is -3.95. The second kappa shape index (κ2) is 9.73. The van der Waals surface area contributed by atoms with Crippen molar-refractivity contribution in [3.63, 3.8) is 0 Å². The third kappa shape index (κ3) is 5.59. The fourth-order valence-corrected chi connectivity index (χ4v) is 4.05. The number of carbonyl (C=O) groups excluding carboxylic acids is 2. The first-order valence-electron chi connectivity index (χ1n) is 11.5. The lowest BCUT2D eigenvalue weighted by molar-refractivity contribution is -0.122. The number of ether oxygens (including phenoxy) is 1. The van der Waals surface area contributed by atoms with Gasteiger partial charge in [-0.1, -0.05) is 6.07 Å². The highest BCUT2D eigenvalue weighted by molar-refractivity contribution is 5.93. The lowest BCUT2D eigenvalue weighted by atomic mass is 10.1. The van der Waals surface area contributed by atoms with E-state index in [9.17, 15) is 14.4 Å². The van der Waals surface area contributed by atoms with E-state index < -0.39 is 23.4 Å². The Balaban J connectivity index is 1.55. The van der Waals surface area contributed by atoms with E-state index in [0.29, 0.717) is 36.3 Å². The summed E-state index contributed by atoms with van der Waals surface area (Å²) in [6, 6.07) is 8.42. The molecule has 10 heteroatoms. The zero-order valence-electron chi connectivity index (χ0n) is 20.3. The molecule has 0 unspecified atom stereocenters. The Morgan fingerprint density at radius 2 is 2.03 bits per heavy atom. The first-order valence-corrected chi connectivity index (χ1v) is 11.5. The maximum atomic E-state index is 12.9. The third-order valence-electron chi connectivity index (χ3n) is 5.65. The molecule has 0 bridgehead atoms. The van der Waals surface area contributed by atoms with Crippen molar-refractivity contribution in [2.24, 2.45) is 0 Å². The Kier molecular flexibility index (Phi) is 6.72. The summed E-state index contributed by atoms with van der Waals surface area (Å²) in [7, 11) is 0. The Morgan fingerprint density at radius 1 is 1.23 bits per heavy atom. The lowest BCUT2D eigenvalue weighted by Crippen LogP contribution is -2.43. The topological polar surface area (TPSA) is 127 Å². The number of hydrogen-bond donors (Lipinski definition) is 2. The molecule has 4 rings (SSSR count). The predicted octanol–water partition coefficient (Wildman–Crippen LogP) is 3.52. The summed E-state index contributed by atoms with van der Waals surface area (Å²) >= 11 is 0. The van der Waals surface area contributed by atoms with Crippen molar-refractivity contribution < 1.29 is 18.7 Å². The van der Waals surface area contributed by atoms with Gasteiger partial charge in [-0.3, -0.25) is 15.1 Å². The van der Waals surface area contributed by atoms with Gasteiger partial charge < -0.3 is 19.4 Å². The summed E-state index contributed by atoms with van der Waals surface area (Å²) in [4.78, 5) is 48.5. The van der Waals surface area contributed by atoms with Crippen molar-refractivity contribution in [2.45, 2.75) is 58.7 Å². The minimum absolute atomic E-state index is 0.102. The van der Waals surface area contributed by atoms with E-state index in [-0.39, 0.29) is 17.3 Å². The van der Waals surface area contributed by atoms with Crippen LogP contribution >= 0.6 is 0 Å². The number of amides is 2. The molecule has 10 nitrogen and oxygen atoms in total. The molecule has 1 saturated heterocycles. The Labute approximate surface area is 202 Å². The molecule has 2 aromatic heterocycles. The quantitative estimate of drug-likeness (QED) is 0.569. The minimum atomic E-state index is -0.652. The van der Waals surface area contributed by atoms with Crippen LogP contribution in [-0.4, -0.2) is 40.2 Å². The van der Waals surface area contributed by atoms with Crippen LogP contribution in [0, 0.1) is 6.92 Å². The van der Waals surface area contributed by atoms with E-state index in [4.69, 9.17) is 9.15 Å². The van der Waals surface area contributed by atoms with Crippen LogP contribution in [-0.2, 0) is 16.1 Å². The minimum Gasteiger partial charge on any atom is -0.444 e. The second-order valence-corrected chi connectivity index (χ2v) is 9.43. The van der Waals surface area contributed by atoms with Crippen molar-refractivity contribution in [3.8, 4) is 0 Å². The van der Waals surface area contributed by atoms with Crippen molar-refractivity contribution in [1.82, 2.24) is 15.3 Å². The van der Waals surface area contributed by atoms with Crippen LogP contribution in [0.1, 0.15) is 44.9 Å². The van der Waals surface area contributed by atoms with Crippen LogP contribution < -0.4 is 21.2 Å². The highest BCUT2D eigenvalue weighted by Crippen LogP contribution is 2.28. The van der Waals surface area contributed by atoms with Gasteiger partial charge in [0, 0.05) is 18.4 Å². The molecule has 2 amide bonds. The molecule has 1 aliphatic heterocycles.